The van der Waals surface area contributed by atoms with Crippen LogP contribution in [-0.4, -0.2) is 4.98 Å². The van der Waals surface area contributed by atoms with Crippen molar-refractivity contribution >= 4 is 11.5 Å². The molecule has 0 aliphatic rings. The molecular weight excluding hydrogens is 178 g/mol. The van der Waals surface area contributed by atoms with Gasteiger partial charge >= 0.3 is 0 Å². The first-order valence-corrected chi connectivity index (χ1v) is 3.30. The molecule has 1 aromatic heterocycles. The maximum absolute atomic E-state index is 12.3. The maximum atomic E-state index is 12.3. The molecule has 4 N–H and O–H groups in total. The highest BCUT2D eigenvalue weighted by Crippen LogP contribution is 2.28. The van der Waals surface area contributed by atoms with E-state index in [9.17, 15) is 8.78 Å². The monoisotopic (exact) mass is 184 g/mol. The Morgan fingerprint density at radius 1 is 1.46 bits per heavy atom. The largest absolute Gasteiger partial charge is 0.395 e. The molecule has 0 saturated carbocycles. The van der Waals surface area contributed by atoms with Crippen molar-refractivity contribution in [3.05, 3.63) is 17.3 Å². The summed E-state index contributed by atoms with van der Waals surface area (Å²) in [6.45, 7) is 0. The number of nitrogens with two attached hydrogens (primary N) is 2. The summed E-state index contributed by atoms with van der Waals surface area (Å²) in [5.74, 6) is -0.241. The first-order valence-electron chi connectivity index (χ1n) is 3.30. The van der Waals surface area contributed by atoms with Crippen molar-refractivity contribution in [3.8, 4) is 6.07 Å². The molecule has 13 heavy (non-hydrogen) atoms. The van der Waals surface area contributed by atoms with Gasteiger partial charge in [-0.15, -0.1) is 0 Å². The highest BCUT2D eigenvalue weighted by atomic mass is 19.3. The standard InChI is InChI=1S/C7H6F2N4/c8-6(9)4-1-3(2-10)13-7(12)5(4)11/h1,6H,11H2,(H2,12,13). The van der Waals surface area contributed by atoms with Crippen LogP contribution in [0.4, 0.5) is 20.3 Å². The van der Waals surface area contributed by atoms with Gasteiger partial charge in [0.2, 0.25) is 0 Å². The second-order valence-electron chi connectivity index (χ2n) is 2.31. The van der Waals surface area contributed by atoms with Crippen molar-refractivity contribution in [2.24, 2.45) is 0 Å². The van der Waals surface area contributed by atoms with Crippen molar-refractivity contribution in [1.29, 1.82) is 5.26 Å². The first-order chi connectivity index (χ1) is 6.06. The minimum Gasteiger partial charge on any atom is -0.395 e. The molecule has 1 aromatic rings. The van der Waals surface area contributed by atoms with Crippen LogP contribution in [0.1, 0.15) is 17.7 Å². The zero-order valence-corrected chi connectivity index (χ0v) is 6.46. The molecule has 0 aliphatic heterocycles. The van der Waals surface area contributed by atoms with E-state index in [4.69, 9.17) is 16.7 Å². The van der Waals surface area contributed by atoms with Gasteiger partial charge in [-0.3, -0.25) is 0 Å². The van der Waals surface area contributed by atoms with E-state index in [1.807, 2.05) is 0 Å². The van der Waals surface area contributed by atoms with E-state index < -0.39 is 12.0 Å². The molecule has 1 heterocycles. The number of hydrogen-bond donors (Lipinski definition) is 2. The number of nitriles is 1. The van der Waals surface area contributed by atoms with Gasteiger partial charge in [-0.2, -0.15) is 5.26 Å². The van der Waals surface area contributed by atoms with E-state index in [0.717, 1.165) is 6.07 Å². The lowest BCUT2D eigenvalue weighted by atomic mass is 10.2. The molecule has 0 radical (unpaired) electrons. The zero-order chi connectivity index (χ0) is 10.0. The van der Waals surface area contributed by atoms with E-state index in [-0.39, 0.29) is 17.2 Å². The number of alkyl halides is 2. The predicted molar refractivity (Wildman–Crippen MR) is 42.7 cm³/mol. The fourth-order valence-corrected chi connectivity index (χ4v) is 0.833. The molecule has 0 unspecified atom stereocenters. The number of hydrogen-bond acceptors (Lipinski definition) is 4. The van der Waals surface area contributed by atoms with Crippen LogP contribution < -0.4 is 11.5 Å². The SMILES string of the molecule is N#Cc1cc(C(F)F)c(N)c(N)n1. The van der Waals surface area contributed by atoms with Crippen molar-refractivity contribution in [3.63, 3.8) is 0 Å². The Hall–Kier alpha value is -1.90. The number of aromatic nitrogens is 1. The van der Waals surface area contributed by atoms with Crippen LogP contribution in [0.25, 0.3) is 0 Å². The Morgan fingerprint density at radius 3 is 2.54 bits per heavy atom. The second kappa shape index (κ2) is 3.23. The molecule has 0 bridgehead atoms. The van der Waals surface area contributed by atoms with Gasteiger partial charge < -0.3 is 11.5 Å². The molecule has 4 nitrogen and oxygen atoms in total. The number of rotatable bonds is 1. The molecule has 1 rings (SSSR count). The summed E-state index contributed by atoms with van der Waals surface area (Å²) < 4.78 is 24.5. The molecule has 0 atom stereocenters. The number of halogens is 2. The van der Waals surface area contributed by atoms with Crippen LogP contribution in [0.3, 0.4) is 0 Å². The highest BCUT2D eigenvalue weighted by molar-refractivity contribution is 5.64. The third-order valence-electron chi connectivity index (χ3n) is 1.47. The summed E-state index contributed by atoms with van der Waals surface area (Å²) in [6.07, 6.45) is -2.75. The summed E-state index contributed by atoms with van der Waals surface area (Å²) in [4.78, 5) is 3.49. The quantitative estimate of drug-likeness (QED) is 0.682. The fraction of sp³-hybridized carbons (Fsp3) is 0.143. The zero-order valence-electron chi connectivity index (χ0n) is 6.46. The predicted octanol–water partition coefficient (Wildman–Crippen LogP) is 1.06. The highest BCUT2D eigenvalue weighted by Gasteiger charge is 2.15. The van der Waals surface area contributed by atoms with Crippen molar-refractivity contribution in [1.82, 2.24) is 4.98 Å². The average molecular weight is 184 g/mol. The van der Waals surface area contributed by atoms with Crippen LogP contribution in [0, 0.1) is 11.3 Å². The Bertz CT molecular complexity index is 369. The second-order valence-corrected chi connectivity index (χ2v) is 2.31. The Morgan fingerprint density at radius 2 is 2.08 bits per heavy atom. The Balaban J connectivity index is 3.35. The molecule has 6 heteroatoms. The van der Waals surface area contributed by atoms with Crippen LogP contribution >= 0.6 is 0 Å². The van der Waals surface area contributed by atoms with E-state index in [0.29, 0.717) is 0 Å². The molecule has 0 saturated heterocycles. The van der Waals surface area contributed by atoms with Crippen LogP contribution in [0.5, 0.6) is 0 Å². The van der Waals surface area contributed by atoms with Gasteiger partial charge in [0.1, 0.15) is 17.6 Å². The Labute approximate surface area is 72.8 Å². The molecule has 0 fully saturated rings. The molecule has 0 aromatic carbocycles. The first kappa shape index (κ1) is 9.19. The molecule has 68 valence electrons. The summed E-state index contributed by atoms with van der Waals surface area (Å²) in [5, 5.41) is 8.41. The van der Waals surface area contributed by atoms with E-state index >= 15 is 0 Å². The van der Waals surface area contributed by atoms with Gasteiger partial charge in [0.25, 0.3) is 6.43 Å². The third-order valence-corrected chi connectivity index (χ3v) is 1.47. The minimum absolute atomic E-state index is 0.165. The fourth-order valence-electron chi connectivity index (χ4n) is 0.833. The lowest BCUT2D eigenvalue weighted by Gasteiger charge is -2.06. The average Bonchev–Trinajstić information content (AvgIpc) is 2.09. The summed E-state index contributed by atoms with van der Waals surface area (Å²) in [6, 6.07) is 2.54. The van der Waals surface area contributed by atoms with Crippen molar-refractivity contribution in [2.75, 3.05) is 11.5 Å². The topological polar surface area (TPSA) is 88.7 Å². The Kier molecular flexibility index (Phi) is 2.28. The van der Waals surface area contributed by atoms with Crippen LogP contribution in [-0.2, 0) is 0 Å². The molecule has 0 amide bonds. The van der Waals surface area contributed by atoms with Gasteiger partial charge in [-0.25, -0.2) is 13.8 Å². The van der Waals surface area contributed by atoms with Gasteiger partial charge in [-0.05, 0) is 6.07 Å². The van der Waals surface area contributed by atoms with Crippen LogP contribution in [0.2, 0.25) is 0 Å². The lowest BCUT2D eigenvalue weighted by Crippen LogP contribution is -2.04. The number of nitrogens with zero attached hydrogens (tertiary/aromatic N) is 2. The van der Waals surface area contributed by atoms with Gasteiger partial charge in [0, 0.05) is 5.56 Å². The maximum Gasteiger partial charge on any atom is 0.266 e. The third kappa shape index (κ3) is 1.64. The number of nitrogen functional groups attached to an aromatic ring is 2. The normalized spacial score (nSPS) is 10.0. The number of pyridine rings is 1. The summed E-state index contributed by atoms with van der Waals surface area (Å²) in [7, 11) is 0. The molecular formula is C7H6F2N4. The van der Waals surface area contributed by atoms with E-state index in [1.165, 1.54) is 0 Å². The van der Waals surface area contributed by atoms with Crippen LogP contribution in [0.15, 0.2) is 6.07 Å². The van der Waals surface area contributed by atoms with Gasteiger partial charge in [0.05, 0.1) is 5.69 Å². The van der Waals surface area contributed by atoms with E-state index in [2.05, 4.69) is 4.98 Å². The molecule has 0 spiro atoms. The minimum atomic E-state index is -2.75. The summed E-state index contributed by atoms with van der Waals surface area (Å²) >= 11 is 0. The van der Waals surface area contributed by atoms with Gasteiger partial charge in [-0.1, -0.05) is 0 Å². The van der Waals surface area contributed by atoms with Crippen molar-refractivity contribution < 1.29 is 8.78 Å². The van der Waals surface area contributed by atoms with E-state index in [1.54, 1.807) is 6.07 Å². The van der Waals surface area contributed by atoms with Gasteiger partial charge in [0.15, 0.2) is 0 Å². The molecule has 0 aliphatic carbocycles. The van der Waals surface area contributed by atoms with Crippen molar-refractivity contribution in [2.45, 2.75) is 6.43 Å². The summed E-state index contributed by atoms with van der Waals surface area (Å²) in [5.41, 5.74) is 9.56. The number of anilines is 2. The smallest absolute Gasteiger partial charge is 0.266 e. The lowest BCUT2D eigenvalue weighted by molar-refractivity contribution is 0.152.